The van der Waals surface area contributed by atoms with E-state index >= 15 is 0 Å². The third kappa shape index (κ3) is 4.16. The van der Waals surface area contributed by atoms with Crippen LogP contribution in [-0.4, -0.2) is 21.8 Å². The number of esters is 1. The van der Waals surface area contributed by atoms with Crippen molar-refractivity contribution >= 4 is 28.6 Å². The second-order valence-corrected chi connectivity index (χ2v) is 6.49. The van der Waals surface area contributed by atoms with E-state index in [1.165, 1.54) is 0 Å². The molecule has 144 valence electrons. The van der Waals surface area contributed by atoms with Crippen LogP contribution in [0.15, 0.2) is 72.8 Å². The zero-order chi connectivity index (χ0) is 20.2. The highest BCUT2D eigenvalue weighted by Crippen LogP contribution is 2.22. The first-order valence-electron chi connectivity index (χ1n) is 9.29. The van der Waals surface area contributed by atoms with Gasteiger partial charge in [0.15, 0.2) is 0 Å². The normalized spacial score (nSPS) is 10.7. The fraction of sp³-hybridized carbons (Fsp3) is 0.0870. The third-order valence-corrected chi connectivity index (χ3v) is 4.44. The van der Waals surface area contributed by atoms with Gasteiger partial charge >= 0.3 is 5.97 Å². The predicted molar refractivity (Wildman–Crippen MR) is 112 cm³/mol. The number of carbonyl (C=O) groups is 2. The Bertz CT molecular complexity index is 1130. The number of nitrogens with zero attached hydrogens (tertiary/aromatic N) is 1. The van der Waals surface area contributed by atoms with Crippen molar-refractivity contribution < 1.29 is 14.3 Å². The lowest BCUT2D eigenvalue weighted by Gasteiger charge is -2.07. The first-order chi connectivity index (χ1) is 14.1. The molecule has 6 heteroatoms. The number of hydrogen-bond acceptors (Lipinski definition) is 4. The van der Waals surface area contributed by atoms with E-state index in [2.05, 4.69) is 15.3 Å². The molecule has 0 saturated heterocycles. The van der Waals surface area contributed by atoms with Crippen LogP contribution in [0.1, 0.15) is 23.7 Å². The lowest BCUT2D eigenvalue weighted by Crippen LogP contribution is -2.12. The van der Waals surface area contributed by atoms with E-state index in [4.69, 9.17) is 4.74 Å². The Kier molecular flexibility index (Phi) is 5.07. The summed E-state index contributed by atoms with van der Waals surface area (Å²) in [6.45, 7) is 1.73. The van der Waals surface area contributed by atoms with Crippen molar-refractivity contribution in [3.63, 3.8) is 0 Å². The zero-order valence-corrected chi connectivity index (χ0v) is 15.8. The number of carbonyl (C=O) groups excluding carboxylic acids is 2. The van der Waals surface area contributed by atoms with E-state index in [-0.39, 0.29) is 11.9 Å². The number of fused-ring (bicyclic) bond motifs is 1. The average Bonchev–Trinajstić information content (AvgIpc) is 3.19. The highest BCUT2D eigenvalue weighted by molar-refractivity contribution is 6.04. The number of benzene rings is 3. The van der Waals surface area contributed by atoms with E-state index in [0.29, 0.717) is 23.4 Å². The Labute approximate surface area is 167 Å². The van der Waals surface area contributed by atoms with Gasteiger partial charge in [-0.2, -0.15) is 0 Å². The number of amides is 1. The third-order valence-electron chi connectivity index (χ3n) is 4.44. The molecule has 1 heterocycles. The summed E-state index contributed by atoms with van der Waals surface area (Å²) in [6.07, 6.45) is 0.298. The molecule has 2 N–H and O–H groups in total. The summed E-state index contributed by atoms with van der Waals surface area (Å²) in [5, 5.41) is 2.86. The largest absolute Gasteiger partial charge is 0.427 e. The molecule has 4 aromatic rings. The Morgan fingerprint density at radius 3 is 2.38 bits per heavy atom. The quantitative estimate of drug-likeness (QED) is 0.382. The molecule has 0 atom stereocenters. The maximum absolute atomic E-state index is 12.4. The lowest BCUT2D eigenvalue weighted by molar-refractivity contribution is -0.134. The topological polar surface area (TPSA) is 84.1 Å². The van der Waals surface area contributed by atoms with Crippen LogP contribution in [-0.2, 0) is 4.79 Å². The molecule has 3 aromatic carbocycles. The fourth-order valence-electron chi connectivity index (χ4n) is 2.88. The maximum atomic E-state index is 12.4. The minimum absolute atomic E-state index is 0.241. The minimum Gasteiger partial charge on any atom is -0.427 e. The van der Waals surface area contributed by atoms with E-state index in [0.717, 1.165) is 22.4 Å². The van der Waals surface area contributed by atoms with Gasteiger partial charge in [0.2, 0.25) is 0 Å². The Morgan fingerprint density at radius 1 is 0.966 bits per heavy atom. The van der Waals surface area contributed by atoms with Crippen molar-refractivity contribution in [2.24, 2.45) is 0 Å². The van der Waals surface area contributed by atoms with Crippen LogP contribution >= 0.6 is 0 Å². The predicted octanol–water partition coefficient (Wildman–Crippen LogP) is 4.80. The van der Waals surface area contributed by atoms with E-state index in [9.17, 15) is 9.59 Å². The molecule has 0 aliphatic carbocycles. The molecule has 1 amide bonds. The van der Waals surface area contributed by atoms with Crippen molar-refractivity contribution in [2.75, 3.05) is 5.32 Å². The second kappa shape index (κ2) is 7.98. The standard InChI is InChI=1S/C23H19N3O3/c1-2-21(27)29-18-13-9-16(10-14-18)23(28)24-17-11-7-15(8-12-17)22-25-19-5-3-4-6-20(19)26-22/h3-14H,2H2,1H3,(H,24,28)(H,25,26). The summed E-state index contributed by atoms with van der Waals surface area (Å²) in [7, 11) is 0. The number of ether oxygens (including phenoxy) is 1. The number of anilines is 1. The van der Waals surface area contributed by atoms with Crippen LogP contribution in [0.5, 0.6) is 5.75 Å². The molecule has 1 aromatic heterocycles. The highest BCUT2D eigenvalue weighted by atomic mass is 16.5. The first-order valence-corrected chi connectivity index (χ1v) is 9.29. The van der Waals surface area contributed by atoms with Gasteiger partial charge in [-0.15, -0.1) is 0 Å². The van der Waals surface area contributed by atoms with Gasteiger partial charge in [-0.05, 0) is 60.7 Å². The smallest absolute Gasteiger partial charge is 0.310 e. The van der Waals surface area contributed by atoms with Gasteiger partial charge in [0.1, 0.15) is 11.6 Å². The average molecular weight is 385 g/mol. The molecule has 0 spiro atoms. The van der Waals surface area contributed by atoms with Crippen LogP contribution in [0, 0.1) is 0 Å². The van der Waals surface area contributed by atoms with Crippen LogP contribution in [0.2, 0.25) is 0 Å². The number of aromatic amines is 1. The Balaban J connectivity index is 1.44. The molecular formula is C23H19N3O3. The fourth-order valence-corrected chi connectivity index (χ4v) is 2.88. The van der Waals surface area contributed by atoms with Crippen LogP contribution in [0.3, 0.4) is 0 Å². The number of aromatic nitrogens is 2. The van der Waals surface area contributed by atoms with E-state index in [1.54, 1.807) is 31.2 Å². The van der Waals surface area contributed by atoms with Crippen molar-refractivity contribution in [3.8, 4) is 17.1 Å². The van der Waals surface area contributed by atoms with Crippen molar-refractivity contribution in [1.82, 2.24) is 9.97 Å². The van der Waals surface area contributed by atoms with Crippen molar-refractivity contribution in [3.05, 3.63) is 78.4 Å². The monoisotopic (exact) mass is 385 g/mol. The molecule has 0 aliphatic rings. The number of H-pyrrole nitrogens is 1. The first kappa shape index (κ1) is 18.4. The number of rotatable bonds is 5. The summed E-state index contributed by atoms with van der Waals surface area (Å²) in [5.74, 6) is 0.645. The van der Waals surface area contributed by atoms with Crippen LogP contribution < -0.4 is 10.1 Å². The van der Waals surface area contributed by atoms with Crippen molar-refractivity contribution in [2.45, 2.75) is 13.3 Å². The summed E-state index contributed by atoms with van der Waals surface area (Å²) in [4.78, 5) is 31.6. The van der Waals surface area contributed by atoms with Gasteiger partial charge in [0, 0.05) is 23.2 Å². The molecule has 0 bridgehead atoms. The number of hydrogen-bond donors (Lipinski definition) is 2. The molecular weight excluding hydrogens is 366 g/mol. The van der Waals surface area contributed by atoms with Crippen LogP contribution in [0.25, 0.3) is 22.4 Å². The van der Waals surface area contributed by atoms with Gasteiger partial charge in [-0.1, -0.05) is 19.1 Å². The van der Waals surface area contributed by atoms with Gasteiger partial charge < -0.3 is 15.0 Å². The van der Waals surface area contributed by atoms with Gasteiger partial charge in [0.05, 0.1) is 11.0 Å². The van der Waals surface area contributed by atoms with Gasteiger partial charge in [-0.3, -0.25) is 9.59 Å². The van der Waals surface area contributed by atoms with Gasteiger partial charge in [0.25, 0.3) is 5.91 Å². The maximum Gasteiger partial charge on any atom is 0.310 e. The molecule has 4 rings (SSSR count). The summed E-state index contributed by atoms with van der Waals surface area (Å²) < 4.78 is 5.11. The summed E-state index contributed by atoms with van der Waals surface area (Å²) in [6, 6.07) is 21.8. The van der Waals surface area contributed by atoms with E-state index in [1.807, 2.05) is 48.5 Å². The Morgan fingerprint density at radius 2 is 1.69 bits per heavy atom. The zero-order valence-electron chi connectivity index (χ0n) is 15.8. The summed E-state index contributed by atoms with van der Waals surface area (Å²) in [5.41, 5.74) is 3.97. The van der Waals surface area contributed by atoms with Gasteiger partial charge in [-0.25, -0.2) is 4.98 Å². The molecule has 0 radical (unpaired) electrons. The Hall–Kier alpha value is -3.93. The van der Waals surface area contributed by atoms with E-state index < -0.39 is 0 Å². The second-order valence-electron chi connectivity index (χ2n) is 6.49. The number of nitrogens with one attached hydrogen (secondary N) is 2. The molecule has 29 heavy (non-hydrogen) atoms. The number of para-hydroxylation sites is 2. The molecule has 0 aliphatic heterocycles. The SMILES string of the molecule is CCC(=O)Oc1ccc(C(=O)Nc2ccc(-c3nc4ccccc4[nH]3)cc2)cc1. The highest BCUT2D eigenvalue weighted by Gasteiger charge is 2.09. The molecule has 6 nitrogen and oxygen atoms in total. The minimum atomic E-state index is -0.313. The molecule has 0 saturated carbocycles. The molecule has 0 fully saturated rings. The van der Waals surface area contributed by atoms with Crippen LogP contribution in [0.4, 0.5) is 5.69 Å². The lowest BCUT2D eigenvalue weighted by atomic mass is 10.1. The van der Waals surface area contributed by atoms with Crippen molar-refractivity contribution in [1.29, 1.82) is 0 Å². The number of imidazole rings is 1. The summed E-state index contributed by atoms with van der Waals surface area (Å²) >= 11 is 0. The molecule has 0 unspecified atom stereocenters.